The summed E-state index contributed by atoms with van der Waals surface area (Å²) in [6.07, 6.45) is 7.56. The average Bonchev–Trinajstić information content (AvgIpc) is 3.59. The molecule has 7 rings (SSSR count). The summed E-state index contributed by atoms with van der Waals surface area (Å²) in [5, 5.41) is 2.04. The molecule has 0 spiro atoms. The molecule has 3 aromatic heterocycles. The molecule has 0 amide bonds. The maximum absolute atomic E-state index is 6.00. The number of pyridine rings is 2. The number of hydrogen-bond donors (Lipinski definition) is 0. The van der Waals surface area contributed by atoms with Gasteiger partial charge in [0.05, 0.1) is 5.58 Å². The molecular weight excluding hydrogens is 673 g/mol. The Labute approximate surface area is 246 Å². The predicted octanol–water partition coefficient (Wildman–Crippen LogP) is 7.90. The van der Waals surface area contributed by atoms with Crippen LogP contribution in [0.3, 0.4) is 0 Å². The molecule has 3 aromatic carbocycles. The van der Waals surface area contributed by atoms with Crippen molar-refractivity contribution in [1.82, 2.24) is 9.97 Å². The molecule has 0 saturated heterocycles. The van der Waals surface area contributed by atoms with Gasteiger partial charge < -0.3 is 9.40 Å². The van der Waals surface area contributed by atoms with E-state index in [0.29, 0.717) is 5.71 Å². The van der Waals surface area contributed by atoms with E-state index in [-0.39, 0.29) is 20.1 Å². The third-order valence-corrected chi connectivity index (χ3v) is 6.39. The number of aromatic nitrogens is 2. The van der Waals surface area contributed by atoms with E-state index >= 15 is 0 Å². The minimum atomic E-state index is 0. The second-order valence-electron chi connectivity index (χ2n) is 9.51. The monoisotopic (exact) mass is 699 g/mol. The van der Waals surface area contributed by atoms with E-state index in [1.807, 2.05) is 89.3 Å². The Morgan fingerprint density at radius 2 is 1.57 bits per heavy atom. The van der Waals surface area contributed by atoms with Crippen molar-refractivity contribution in [2.45, 2.75) is 20.8 Å². The first kappa shape index (κ1) is 27.1. The number of rotatable bonds is 3. The third-order valence-electron chi connectivity index (χ3n) is 6.39. The van der Waals surface area contributed by atoms with E-state index in [4.69, 9.17) is 4.42 Å². The summed E-state index contributed by atoms with van der Waals surface area (Å²) < 4.78 is 9.88. The largest absolute Gasteiger partial charge is 0.500 e. The average molecular weight is 699 g/mol. The first-order valence-electron chi connectivity index (χ1n) is 12.7. The van der Waals surface area contributed by atoms with Crippen molar-refractivity contribution in [3.8, 4) is 11.3 Å². The molecule has 40 heavy (non-hydrogen) atoms. The molecule has 0 bridgehead atoms. The van der Waals surface area contributed by atoms with Crippen molar-refractivity contribution in [2.75, 3.05) is 0 Å². The van der Waals surface area contributed by atoms with Gasteiger partial charge in [-0.25, -0.2) is 4.98 Å². The van der Waals surface area contributed by atoms with Gasteiger partial charge in [0.1, 0.15) is 0 Å². The minimum absolute atomic E-state index is 0. The zero-order valence-electron chi connectivity index (χ0n) is 22.3. The fourth-order valence-corrected chi connectivity index (χ4v) is 4.59. The Morgan fingerprint density at radius 1 is 0.750 bits per heavy atom. The second-order valence-corrected chi connectivity index (χ2v) is 9.51. The van der Waals surface area contributed by atoms with Gasteiger partial charge >= 0.3 is 6.01 Å². The van der Waals surface area contributed by atoms with Gasteiger partial charge in [0, 0.05) is 50.0 Å². The van der Waals surface area contributed by atoms with E-state index < -0.39 is 0 Å². The molecule has 6 heteroatoms. The fraction of sp³-hybridized carbons (Fsp3) is 0.0882. The summed E-state index contributed by atoms with van der Waals surface area (Å²) in [6.45, 7) is 6.24. The Balaban J connectivity index is 0.000000195. The normalized spacial score (nSPS) is 12.0. The summed E-state index contributed by atoms with van der Waals surface area (Å²) in [6, 6.07) is 36.0. The Hall–Kier alpha value is -4.47. The Bertz CT molecular complexity index is 1900. The molecule has 4 heterocycles. The van der Waals surface area contributed by atoms with Crippen molar-refractivity contribution in [1.29, 1.82) is 0 Å². The van der Waals surface area contributed by atoms with Gasteiger partial charge in [-0.15, -0.1) is 42.0 Å². The van der Waals surface area contributed by atoms with E-state index in [0.717, 1.165) is 39.0 Å². The van der Waals surface area contributed by atoms with Crippen LogP contribution in [0.5, 0.6) is 0 Å². The van der Waals surface area contributed by atoms with Crippen LogP contribution < -0.4 is 0 Å². The third kappa shape index (κ3) is 5.61. The number of fused-ring (bicyclic) bond motifs is 3. The van der Waals surface area contributed by atoms with Crippen molar-refractivity contribution in [3.63, 3.8) is 0 Å². The summed E-state index contributed by atoms with van der Waals surface area (Å²) >= 11 is 0. The van der Waals surface area contributed by atoms with Crippen LogP contribution in [0.4, 0.5) is 11.4 Å². The molecule has 0 unspecified atom stereocenters. The van der Waals surface area contributed by atoms with Gasteiger partial charge in [0.2, 0.25) is 11.4 Å². The maximum Gasteiger partial charge on any atom is 0.500 e. The zero-order chi connectivity index (χ0) is 26.8. The van der Waals surface area contributed by atoms with Gasteiger partial charge in [-0.1, -0.05) is 32.7 Å². The van der Waals surface area contributed by atoms with Crippen LogP contribution in [0.25, 0.3) is 33.3 Å². The first-order chi connectivity index (χ1) is 19.0. The SMILES string of the molecule is Cc1cc(C)cc([N+]2=C=[N+](c3[c-]ccc4c3oc3ncccc34)C=C2)c1.Cc1ccc(-c2[c-]cccc2)nc1.[Ir]. The quantitative estimate of drug-likeness (QED) is 0.140. The van der Waals surface area contributed by atoms with E-state index in [2.05, 4.69) is 66.2 Å². The smallest absolute Gasteiger partial charge is 0.495 e. The van der Waals surface area contributed by atoms with Gasteiger partial charge in [-0.2, -0.15) is 12.1 Å². The first-order valence-corrected chi connectivity index (χ1v) is 12.7. The summed E-state index contributed by atoms with van der Waals surface area (Å²) in [5.41, 5.74) is 8.96. The van der Waals surface area contributed by atoms with E-state index in [1.165, 1.54) is 16.7 Å². The van der Waals surface area contributed by atoms with Crippen LogP contribution in [0.1, 0.15) is 16.7 Å². The fourth-order valence-electron chi connectivity index (χ4n) is 4.59. The van der Waals surface area contributed by atoms with Crippen molar-refractivity contribution in [3.05, 3.63) is 132 Å². The number of hydrogen-bond acceptors (Lipinski definition) is 3. The molecule has 0 fully saturated rings. The molecule has 1 radical (unpaired) electrons. The molecule has 197 valence electrons. The molecular formula is C34H26IrN4O. The molecule has 0 N–H and O–H groups in total. The number of nitrogens with zero attached hydrogens (tertiary/aromatic N) is 4. The van der Waals surface area contributed by atoms with Crippen molar-refractivity contribution in [2.24, 2.45) is 0 Å². The van der Waals surface area contributed by atoms with Gasteiger partial charge in [-0.3, -0.25) is 0 Å². The number of aryl methyl sites for hydroxylation is 3. The van der Waals surface area contributed by atoms with Crippen LogP contribution in [0.15, 0.2) is 108 Å². The van der Waals surface area contributed by atoms with Crippen LogP contribution >= 0.6 is 0 Å². The zero-order valence-corrected chi connectivity index (χ0v) is 24.7. The Kier molecular flexibility index (Phi) is 7.95. The Morgan fingerprint density at radius 3 is 2.33 bits per heavy atom. The second kappa shape index (κ2) is 11.7. The molecule has 1 aliphatic heterocycles. The number of benzene rings is 3. The standard InChI is InChI=1S/C22H16N3O.C12H10N.Ir/c1-15-11-16(2)13-17(12-15)24-9-10-25(14-24)20-7-3-5-18-19-6-4-8-23-22(19)26-21(18)20;1-10-7-8-12(13-9-10)11-5-3-2-4-6-11;/h3-6,8-13H,1-2H3;2-5,7-9H,1H3;/q+1;-1;. The molecule has 1 aliphatic rings. The van der Waals surface area contributed by atoms with Crippen LogP contribution in [-0.2, 0) is 20.1 Å². The van der Waals surface area contributed by atoms with Gasteiger partial charge in [0.25, 0.3) is 12.4 Å². The number of furan rings is 1. The topological polar surface area (TPSA) is 44.9 Å². The van der Waals surface area contributed by atoms with Crippen LogP contribution in [0.2, 0.25) is 0 Å². The molecule has 6 aromatic rings. The van der Waals surface area contributed by atoms with Crippen LogP contribution in [-0.4, -0.2) is 25.1 Å². The van der Waals surface area contributed by atoms with Crippen molar-refractivity contribution < 1.29 is 33.7 Å². The minimum Gasteiger partial charge on any atom is -0.495 e. The van der Waals surface area contributed by atoms with E-state index in [1.54, 1.807) is 6.20 Å². The molecule has 0 aliphatic carbocycles. The molecule has 0 atom stereocenters. The van der Waals surface area contributed by atoms with Crippen molar-refractivity contribution >= 4 is 39.5 Å². The summed E-state index contributed by atoms with van der Waals surface area (Å²) in [5.74, 6) is 0. The maximum atomic E-state index is 6.00. The van der Waals surface area contributed by atoms with E-state index in [9.17, 15) is 0 Å². The predicted molar refractivity (Wildman–Crippen MR) is 154 cm³/mol. The molecule has 5 nitrogen and oxygen atoms in total. The summed E-state index contributed by atoms with van der Waals surface area (Å²) in [4.78, 5) is 8.64. The van der Waals surface area contributed by atoms with Gasteiger partial charge in [0.15, 0.2) is 5.69 Å². The molecule has 0 saturated carbocycles. The van der Waals surface area contributed by atoms with Gasteiger partial charge in [-0.05, 0) is 55.3 Å². The van der Waals surface area contributed by atoms with Crippen LogP contribution in [0, 0.1) is 32.9 Å². The summed E-state index contributed by atoms with van der Waals surface area (Å²) in [7, 11) is 0.